The molecule has 0 bridgehead atoms. The molecule has 1 aromatic rings. The standard InChI is InChI=1S/C13H18N2O3/c16-10-9-15-13(18)12(17)14-8-4-7-11-5-2-1-3-6-11/h1-3,5-6,16H,4,7-10H2,(H,14,17)(H,15,18). The quantitative estimate of drug-likeness (QED) is 0.485. The molecule has 0 unspecified atom stereocenters. The molecule has 18 heavy (non-hydrogen) atoms. The monoisotopic (exact) mass is 250 g/mol. The number of nitrogens with one attached hydrogen (secondary N) is 2. The van der Waals surface area contributed by atoms with Gasteiger partial charge < -0.3 is 15.7 Å². The van der Waals surface area contributed by atoms with Crippen molar-refractivity contribution in [1.82, 2.24) is 10.6 Å². The highest BCUT2D eigenvalue weighted by Gasteiger charge is 2.10. The van der Waals surface area contributed by atoms with Gasteiger partial charge in [0, 0.05) is 13.1 Å². The SMILES string of the molecule is O=C(NCCO)C(=O)NCCCc1ccccc1. The van der Waals surface area contributed by atoms with E-state index in [0.29, 0.717) is 6.54 Å². The molecule has 0 atom stereocenters. The largest absolute Gasteiger partial charge is 0.395 e. The van der Waals surface area contributed by atoms with Gasteiger partial charge in [0.25, 0.3) is 0 Å². The summed E-state index contributed by atoms with van der Waals surface area (Å²) in [6, 6.07) is 9.94. The minimum absolute atomic E-state index is 0.0935. The van der Waals surface area contributed by atoms with Crippen LogP contribution in [0.2, 0.25) is 0 Å². The Labute approximate surface area is 106 Å². The number of aliphatic hydroxyl groups is 1. The molecule has 0 aromatic heterocycles. The van der Waals surface area contributed by atoms with E-state index in [-0.39, 0.29) is 13.2 Å². The molecule has 0 aliphatic rings. The summed E-state index contributed by atoms with van der Waals surface area (Å²) in [4.78, 5) is 22.4. The van der Waals surface area contributed by atoms with Crippen LogP contribution in [0.1, 0.15) is 12.0 Å². The molecule has 0 spiro atoms. The highest BCUT2D eigenvalue weighted by Crippen LogP contribution is 2.01. The van der Waals surface area contributed by atoms with Crippen LogP contribution >= 0.6 is 0 Å². The first-order chi connectivity index (χ1) is 8.74. The van der Waals surface area contributed by atoms with E-state index in [2.05, 4.69) is 10.6 Å². The van der Waals surface area contributed by atoms with E-state index in [1.165, 1.54) is 5.56 Å². The van der Waals surface area contributed by atoms with E-state index in [1.807, 2.05) is 30.3 Å². The lowest BCUT2D eigenvalue weighted by molar-refractivity contribution is -0.139. The molecule has 1 rings (SSSR count). The Kier molecular flexibility index (Phi) is 6.50. The van der Waals surface area contributed by atoms with Crippen LogP contribution in [0.3, 0.4) is 0 Å². The number of rotatable bonds is 6. The topological polar surface area (TPSA) is 78.4 Å². The molecule has 0 aliphatic heterocycles. The Bertz CT molecular complexity index is 379. The Morgan fingerprint density at radius 3 is 2.22 bits per heavy atom. The van der Waals surface area contributed by atoms with E-state index in [9.17, 15) is 9.59 Å². The van der Waals surface area contributed by atoms with E-state index >= 15 is 0 Å². The van der Waals surface area contributed by atoms with Gasteiger partial charge in [-0.3, -0.25) is 9.59 Å². The molecular formula is C13H18N2O3. The Morgan fingerprint density at radius 1 is 1.00 bits per heavy atom. The van der Waals surface area contributed by atoms with Gasteiger partial charge in [-0.2, -0.15) is 0 Å². The zero-order valence-corrected chi connectivity index (χ0v) is 10.2. The number of hydrogen-bond acceptors (Lipinski definition) is 3. The Morgan fingerprint density at radius 2 is 1.61 bits per heavy atom. The molecule has 0 fully saturated rings. The number of amides is 2. The maximum absolute atomic E-state index is 11.3. The maximum Gasteiger partial charge on any atom is 0.309 e. The Hall–Kier alpha value is -1.88. The smallest absolute Gasteiger partial charge is 0.309 e. The molecule has 0 saturated carbocycles. The lowest BCUT2D eigenvalue weighted by Gasteiger charge is -2.05. The molecule has 2 amide bonds. The second-order valence-electron chi connectivity index (χ2n) is 3.82. The average molecular weight is 250 g/mol. The van der Waals surface area contributed by atoms with E-state index in [1.54, 1.807) is 0 Å². The highest BCUT2D eigenvalue weighted by atomic mass is 16.3. The lowest BCUT2D eigenvalue weighted by atomic mass is 10.1. The predicted octanol–water partition coefficient (Wildman–Crippen LogP) is -0.156. The number of carbonyl (C=O) groups excluding carboxylic acids is 2. The van der Waals surface area contributed by atoms with Crippen molar-refractivity contribution in [3.05, 3.63) is 35.9 Å². The minimum atomic E-state index is -0.705. The van der Waals surface area contributed by atoms with Gasteiger partial charge in [0.1, 0.15) is 0 Å². The first kappa shape index (κ1) is 14.2. The molecule has 3 N–H and O–H groups in total. The van der Waals surface area contributed by atoms with Crippen molar-refractivity contribution >= 4 is 11.8 Å². The van der Waals surface area contributed by atoms with Crippen molar-refractivity contribution in [2.24, 2.45) is 0 Å². The van der Waals surface area contributed by atoms with E-state index in [4.69, 9.17) is 5.11 Å². The lowest BCUT2D eigenvalue weighted by Crippen LogP contribution is -2.41. The summed E-state index contributed by atoms with van der Waals surface area (Å²) in [6.07, 6.45) is 1.64. The maximum atomic E-state index is 11.3. The summed E-state index contributed by atoms with van der Waals surface area (Å²) in [6.45, 7) is 0.379. The summed E-state index contributed by atoms with van der Waals surface area (Å²) in [5.74, 6) is -1.36. The summed E-state index contributed by atoms with van der Waals surface area (Å²) in [5.41, 5.74) is 1.21. The molecule has 0 radical (unpaired) electrons. The second-order valence-corrected chi connectivity index (χ2v) is 3.82. The van der Waals surface area contributed by atoms with Crippen LogP contribution in [-0.2, 0) is 16.0 Å². The van der Waals surface area contributed by atoms with E-state index < -0.39 is 11.8 Å². The zero-order chi connectivity index (χ0) is 13.2. The normalized spacial score (nSPS) is 9.83. The molecule has 0 aliphatic carbocycles. The van der Waals surface area contributed by atoms with Crippen molar-refractivity contribution in [3.8, 4) is 0 Å². The van der Waals surface area contributed by atoms with Gasteiger partial charge in [-0.15, -0.1) is 0 Å². The zero-order valence-electron chi connectivity index (χ0n) is 10.2. The first-order valence-electron chi connectivity index (χ1n) is 5.95. The van der Waals surface area contributed by atoms with Crippen LogP contribution in [0, 0.1) is 0 Å². The van der Waals surface area contributed by atoms with Gasteiger partial charge in [-0.1, -0.05) is 30.3 Å². The van der Waals surface area contributed by atoms with Gasteiger partial charge in [0.2, 0.25) is 0 Å². The summed E-state index contributed by atoms with van der Waals surface area (Å²) >= 11 is 0. The predicted molar refractivity (Wildman–Crippen MR) is 67.9 cm³/mol. The molecule has 0 saturated heterocycles. The highest BCUT2D eigenvalue weighted by molar-refractivity contribution is 6.35. The second kappa shape index (κ2) is 8.25. The summed E-state index contributed by atoms with van der Waals surface area (Å²) in [5, 5.41) is 13.3. The fraction of sp³-hybridized carbons (Fsp3) is 0.385. The van der Waals surface area contributed by atoms with Gasteiger partial charge >= 0.3 is 11.8 Å². The molecule has 0 heterocycles. The van der Waals surface area contributed by atoms with Gasteiger partial charge in [0.15, 0.2) is 0 Å². The van der Waals surface area contributed by atoms with Crippen molar-refractivity contribution in [1.29, 1.82) is 0 Å². The summed E-state index contributed by atoms with van der Waals surface area (Å²) in [7, 11) is 0. The van der Waals surface area contributed by atoms with Crippen molar-refractivity contribution in [2.45, 2.75) is 12.8 Å². The van der Waals surface area contributed by atoms with Crippen molar-refractivity contribution < 1.29 is 14.7 Å². The molecule has 98 valence electrons. The van der Waals surface area contributed by atoms with E-state index in [0.717, 1.165) is 12.8 Å². The fourth-order valence-corrected chi connectivity index (χ4v) is 1.47. The van der Waals surface area contributed by atoms with Gasteiger partial charge in [0.05, 0.1) is 6.61 Å². The number of aliphatic hydroxyl groups excluding tert-OH is 1. The van der Waals surface area contributed by atoms with Crippen LogP contribution in [0.4, 0.5) is 0 Å². The van der Waals surface area contributed by atoms with Gasteiger partial charge in [-0.05, 0) is 18.4 Å². The third kappa shape index (κ3) is 5.45. The average Bonchev–Trinajstić information content (AvgIpc) is 2.41. The van der Waals surface area contributed by atoms with Crippen LogP contribution < -0.4 is 10.6 Å². The van der Waals surface area contributed by atoms with Crippen molar-refractivity contribution in [2.75, 3.05) is 19.7 Å². The number of benzene rings is 1. The van der Waals surface area contributed by atoms with Crippen molar-refractivity contribution in [3.63, 3.8) is 0 Å². The van der Waals surface area contributed by atoms with Crippen LogP contribution in [0.25, 0.3) is 0 Å². The summed E-state index contributed by atoms with van der Waals surface area (Å²) < 4.78 is 0. The fourth-order valence-electron chi connectivity index (χ4n) is 1.47. The molecule has 5 nitrogen and oxygen atoms in total. The molecule has 1 aromatic carbocycles. The number of aryl methyl sites for hydroxylation is 1. The third-order valence-electron chi connectivity index (χ3n) is 2.37. The van der Waals surface area contributed by atoms with Crippen LogP contribution in [0.5, 0.6) is 0 Å². The van der Waals surface area contributed by atoms with Crippen LogP contribution in [0.15, 0.2) is 30.3 Å². The Balaban J connectivity index is 2.14. The third-order valence-corrected chi connectivity index (χ3v) is 2.37. The molecule has 5 heteroatoms. The first-order valence-corrected chi connectivity index (χ1v) is 5.95. The van der Waals surface area contributed by atoms with Crippen LogP contribution in [-0.4, -0.2) is 36.6 Å². The number of carbonyl (C=O) groups is 2. The minimum Gasteiger partial charge on any atom is -0.395 e. The molecular weight excluding hydrogens is 232 g/mol. The number of hydrogen-bond donors (Lipinski definition) is 3. The van der Waals surface area contributed by atoms with Gasteiger partial charge in [-0.25, -0.2) is 0 Å².